The maximum absolute atomic E-state index is 12.3. The summed E-state index contributed by atoms with van der Waals surface area (Å²) < 4.78 is 61.3. The highest BCUT2D eigenvalue weighted by Crippen LogP contribution is 2.23. The molecule has 0 bridgehead atoms. The van der Waals surface area contributed by atoms with E-state index in [1.165, 1.54) is 6.92 Å². The molecule has 1 heterocycles. The first-order valence-electron chi connectivity index (χ1n) is 4.95. The Morgan fingerprint density at radius 1 is 1.50 bits per heavy atom. The SMILES string of the molecule is Cc1[nH]ncc1S(=O)(=O)N(CCN)CC(F)(F)F. The van der Waals surface area contributed by atoms with Crippen molar-refractivity contribution in [2.75, 3.05) is 19.6 Å². The van der Waals surface area contributed by atoms with E-state index >= 15 is 0 Å². The van der Waals surface area contributed by atoms with Gasteiger partial charge in [-0.2, -0.15) is 22.6 Å². The summed E-state index contributed by atoms with van der Waals surface area (Å²) in [6, 6.07) is 0. The molecule has 0 unspecified atom stereocenters. The Morgan fingerprint density at radius 3 is 2.50 bits per heavy atom. The van der Waals surface area contributed by atoms with Gasteiger partial charge in [-0.1, -0.05) is 0 Å². The molecule has 6 nitrogen and oxygen atoms in total. The van der Waals surface area contributed by atoms with Crippen LogP contribution in [0.1, 0.15) is 5.69 Å². The number of sulfonamides is 1. The van der Waals surface area contributed by atoms with Crippen LogP contribution in [0, 0.1) is 6.92 Å². The number of aromatic nitrogens is 2. The smallest absolute Gasteiger partial charge is 0.329 e. The monoisotopic (exact) mass is 286 g/mol. The number of aromatic amines is 1. The molecule has 0 atom stereocenters. The second-order valence-corrected chi connectivity index (χ2v) is 5.51. The highest BCUT2D eigenvalue weighted by molar-refractivity contribution is 7.89. The van der Waals surface area contributed by atoms with E-state index in [4.69, 9.17) is 5.73 Å². The minimum absolute atomic E-state index is 0.180. The number of alkyl halides is 3. The third-order valence-corrected chi connectivity index (χ3v) is 4.09. The molecule has 0 spiro atoms. The normalized spacial score (nSPS) is 13.2. The van der Waals surface area contributed by atoms with Crippen molar-refractivity contribution in [1.82, 2.24) is 14.5 Å². The molecular formula is C8H13F3N4O2S. The molecule has 10 heteroatoms. The minimum Gasteiger partial charge on any atom is -0.329 e. The molecule has 0 aliphatic carbocycles. The maximum atomic E-state index is 12.3. The van der Waals surface area contributed by atoms with Gasteiger partial charge < -0.3 is 5.73 Å². The number of nitrogens with zero attached hydrogens (tertiary/aromatic N) is 2. The zero-order chi connectivity index (χ0) is 14.0. The lowest BCUT2D eigenvalue weighted by Crippen LogP contribution is -2.41. The summed E-state index contributed by atoms with van der Waals surface area (Å²) in [7, 11) is -4.24. The summed E-state index contributed by atoms with van der Waals surface area (Å²) in [6.07, 6.45) is -3.65. The first-order valence-corrected chi connectivity index (χ1v) is 6.39. The second kappa shape index (κ2) is 5.24. The van der Waals surface area contributed by atoms with Crippen molar-refractivity contribution in [2.24, 2.45) is 5.73 Å². The fraction of sp³-hybridized carbons (Fsp3) is 0.625. The van der Waals surface area contributed by atoms with Crippen LogP contribution in [0.5, 0.6) is 0 Å². The third-order valence-electron chi connectivity index (χ3n) is 2.14. The van der Waals surface area contributed by atoms with E-state index in [0.717, 1.165) is 6.20 Å². The standard InChI is InChI=1S/C8H13F3N4O2S/c1-6-7(4-13-14-6)18(16,17)15(3-2-12)5-8(9,10)11/h4H,2-3,5,12H2,1H3,(H,13,14). The Bertz CT molecular complexity index is 497. The van der Waals surface area contributed by atoms with E-state index in [1.54, 1.807) is 0 Å². The number of halogens is 3. The summed E-state index contributed by atoms with van der Waals surface area (Å²) in [5.74, 6) is 0. The van der Waals surface area contributed by atoms with Gasteiger partial charge in [-0.3, -0.25) is 5.10 Å². The first-order chi connectivity index (χ1) is 8.18. The van der Waals surface area contributed by atoms with Gasteiger partial charge in [0.15, 0.2) is 0 Å². The van der Waals surface area contributed by atoms with Crippen molar-refractivity contribution in [3.05, 3.63) is 11.9 Å². The summed E-state index contributed by atoms with van der Waals surface area (Å²) in [5.41, 5.74) is 5.32. The quantitative estimate of drug-likeness (QED) is 0.810. The third kappa shape index (κ3) is 3.43. The molecule has 104 valence electrons. The molecule has 1 aromatic rings. The van der Waals surface area contributed by atoms with Crippen LogP contribution in [0.15, 0.2) is 11.1 Å². The Balaban J connectivity index is 3.09. The fourth-order valence-corrected chi connectivity index (χ4v) is 2.93. The topological polar surface area (TPSA) is 92.1 Å². The van der Waals surface area contributed by atoms with Gasteiger partial charge in [0.25, 0.3) is 0 Å². The van der Waals surface area contributed by atoms with E-state index < -0.39 is 29.3 Å². The Labute approximate surface area is 102 Å². The summed E-state index contributed by atoms with van der Waals surface area (Å²) in [5, 5.41) is 5.85. The lowest BCUT2D eigenvalue weighted by molar-refractivity contribution is -0.136. The number of H-pyrrole nitrogens is 1. The molecule has 3 N–H and O–H groups in total. The Morgan fingerprint density at radius 2 is 2.11 bits per heavy atom. The highest BCUT2D eigenvalue weighted by Gasteiger charge is 2.37. The van der Waals surface area contributed by atoms with Crippen LogP contribution in [0.3, 0.4) is 0 Å². The van der Waals surface area contributed by atoms with Crippen LogP contribution in [-0.2, 0) is 10.0 Å². The molecular weight excluding hydrogens is 273 g/mol. The van der Waals surface area contributed by atoms with Gasteiger partial charge in [-0.15, -0.1) is 0 Å². The van der Waals surface area contributed by atoms with Crippen LogP contribution in [0.4, 0.5) is 13.2 Å². The molecule has 18 heavy (non-hydrogen) atoms. The Hall–Kier alpha value is -1.13. The first kappa shape index (κ1) is 14.9. The number of hydrogen-bond acceptors (Lipinski definition) is 4. The van der Waals surface area contributed by atoms with E-state index in [1.807, 2.05) is 0 Å². The molecule has 0 radical (unpaired) electrons. The van der Waals surface area contributed by atoms with Crippen LogP contribution in [0.2, 0.25) is 0 Å². The van der Waals surface area contributed by atoms with Gasteiger partial charge in [0.1, 0.15) is 11.4 Å². The molecule has 0 saturated heterocycles. The number of aryl methyl sites for hydroxylation is 1. The lowest BCUT2D eigenvalue weighted by Gasteiger charge is -2.22. The predicted octanol–water partition coefficient (Wildman–Crippen LogP) is 0.230. The molecule has 0 fully saturated rings. The summed E-state index contributed by atoms with van der Waals surface area (Å²) in [4.78, 5) is -0.278. The average Bonchev–Trinajstić information content (AvgIpc) is 2.62. The van der Waals surface area contributed by atoms with Crippen molar-refractivity contribution < 1.29 is 21.6 Å². The van der Waals surface area contributed by atoms with Crippen molar-refractivity contribution in [3.63, 3.8) is 0 Å². The number of rotatable bonds is 5. The lowest BCUT2D eigenvalue weighted by atomic mass is 10.5. The van der Waals surface area contributed by atoms with Crippen molar-refractivity contribution in [3.8, 4) is 0 Å². The van der Waals surface area contributed by atoms with E-state index in [0.29, 0.717) is 4.31 Å². The second-order valence-electron chi connectivity index (χ2n) is 3.60. The van der Waals surface area contributed by atoms with E-state index in [2.05, 4.69) is 10.2 Å². The van der Waals surface area contributed by atoms with E-state index in [9.17, 15) is 21.6 Å². The summed E-state index contributed by atoms with van der Waals surface area (Å²) in [6.45, 7) is -0.774. The van der Waals surface area contributed by atoms with Crippen molar-refractivity contribution in [1.29, 1.82) is 0 Å². The van der Waals surface area contributed by atoms with Gasteiger partial charge in [-0.25, -0.2) is 8.42 Å². The largest absolute Gasteiger partial charge is 0.402 e. The molecule has 0 aromatic carbocycles. The van der Waals surface area contributed by atoms with Gasteiger partial charge in [-0.05, 0) is 6.92 Å². The molecule has 0 aliphatic heterocycles. The minimum atomic E-state index is -4.63. The Kier molecular flexibility index (Phi) is 4.35. The molecule has 1 aromatic heterocycles. The van der Waals surface area contributed by atoms with Crippen molar-refractivity contribution >= 4 is 10.0 Å². The van der Waals surface area contributed by atoms with Gasteiger partial charge in [0.05, 0.1) is 11.9 Å². The average molecular weight is 286 g/mol. The van der Waals surface area contributed by atoms with Crippen molar-refractivity contribution in [2.45, 2.75) is 18.0 Å². The highest BCUT2D eigenvalue weighted by atomic mass is 32.2. The molecule has 0 amide bonds. The maximum Gasteiger partial charge on any atom is 0.402 e. The van der Waals surface area contributed by atoms with Gasteiger partial charge in [0, 0.05) is 13.1 Å². The van der Waals surface area contributed by atoms with Crippen LogP contribution in [0.25, 0.3) is 0 Å². The molecule has 1 rings (SSSR count). The van der Waals surface area contributed by atoms with Crippen LogP contribution >= 0.6 is 0 Å². The van der Waals surface area contributed by atoms with Crippen LogP contribution < -0.4 is 5.73 Å². The number of nitrogens with one attached hydrogen (secondary N) is 1. The molecule has 0 aliphatic rings. The molecule has 0 saturated carbocycles. The zero-order valence-corrected chi connectivity index (χ0v) is 10.3. The predicted molar refractivity (Wildman–Crippen MR) is 57.2 cm³/mol. The summed E-state index contributed by atoms with van der Waals surface area (Å²) >= 11 is 0. The zero-order valence-electron chi connectivity index (χ0n) is 9.53. The number of hydrogen-bond donors (Lipinski definition) is 2. The number of nitrogens with two attached hydrogens (primary N) is 1. The van der Waals surface area contributed by atoms with E-state index in [-0.39, 0.29) is 17.1 Å². The van der Waals surface area contributed by atoms with Gasteiger partial charge in [0.2, 0.25) is 10.0 Å². The van der Waals surface area contributed by atoms with Crippen LogP contribution in [-0.4, -0.2) is 48.7 Å². The fourth-order valence-electron chi connectivity index (χ4n) is 1.37. The van der Waals surface area contributed by atoms with Gasteiger partial charge >= 0.3 is 6.18 Å².